The SMILES string of the molecule is CC(=O)c1ccc2c(c1)c1c3c(ccc1n2CCN1CCCCCC1)C(=O)CC3. The standard InChI is InChI=1S/C25H28N2O2/c1-17(28)18-6-9-22-21(16-18)25-20-8-11-24(29)19(20)7-10-23(25)27(22)15-14-26-12-4-2-3-5-13-26/h6-7,9-10,16H,2-5,8,11-15H2,1H3. The van der Waals surface area contributed by atoms with E-state index in [0.717, 1.165) is 36.0 Å². The van der Waals surface area contributed by atoms with Crippen molar-refractivity contribution in [3.8, 4) is 0 Å². The van der Waals surface area contributed by atoms with Crippen LogP contribution in [0, 0.1) is 0 Å². The zero-order chi connectivity index (χ0) is 20.0. The molecule has 4 heteroatoms. The molecule has 2 aromatic carbocycles. The number of carbonyl (C=O) groups is 2. The minimum Gasteiger partial charge on any atom is -0.339 e. The lowest BCUT2D eigenvalue weighted by molar-refractivity contribution is 0.0991. The number of ketones is 2. The largest absolute Gasteiger partial charge is 0.339 e. The van der Waals surface area contributed by atoms with Crippen LogP contribution in [-0.4, -0.2) is 40.7 Å². The molecule has 0 atom stereocenters. The summed E-state index contributed by atoms with van der Waals surface area (Å²) >= 11 is 0. The maximum absolute atomic E-state index is 12.3. The van der Waals surface area contributed by atoms with Gasteiger partial charge in [0.25, 0.3) is 0 Å². The zero-order valence-electron chi connectivity index (χ0n) is 17.2. The van der Waals surface area contributed by atoms with Crippen molar-refractivity contribution >= 4 is 33.4 Å². The Morgan fingerprint density at radius 1 is 0.931 bits per heavy atom. The average Bonchev–Trinajstić information content (AvgIpc) is 3.11. The van der Waals surface area contributed by atoms with Gasteiger partial charge in [-0.2, -0.15) is 0 Å². The van der Waals surface area contributed by atoms with Gasteiger partial charge in [-0.25, -0.2) is 0 Å². The van der Waals surface area contributed by atoms with Crippen molar-refractivity contribution in [2.24, 2.45) is 0 Å². The molecule has 0 N–H and O–H groups in total. The van der Waals surface area contributed by atoms with Gasteiger partial charge in [0, 0.05) is 52.4 Å². The first-order chi connectivity index (χ1) is 14.1. The van der Waals surface area contributed by atoms with E-state index in [1.54, 1.807) is 6.92 Å². The van der Waals surface area contributed by atoms with Gasteiger partial charge in [-0.15, -0.1) is 0 Å². The molecule has 5 rings (SSSR count). The summed E-state index contributed by atoms with van der Waals surface area (Å²) in [5, 5.41) is 2.30. The molecule has 0 saturated carbocycles. The fraction of sp³-hybridized carbons (Fsp3) is 0.440. The molecule has 1 fully saturated rings. The number of hydrogen-bond acceptors (Lipinski definition) is 3. The summed E-state index contributed by atoms with van der Waals surface area (Å²) in [7, 11) is 0. The van der Waals surface area contributed by atoms with E-state index in [1.165, 1.54) is 60.8 Å². The van der Waals surface area contributed by atoms with E-state index < -0.39 is 0 Å². The first kappa shape index (κ1) is 18.6. The molecule has 150 valence electrons. The van der Waals surface area contributed by atoms with E-state index in [-0.39, 0.29) is 11.6 Å². The molecule has 0 amide bonds. The van der Waals surface area contributed by atoms with Gasteiger partial charge in [0.1, 0.15) is 0 Å². The maximum Gasteiger partial charge on any atom is 0.163 e. The molecular weight excluding hydrogens is 360 g/mol. The van der Waals surface area contributed by atoms with Gasteiger partial charge in [0.15, 0.2) is 11.6 Å². The molecule has 3 aromatic rings. The zero-order valence-corrected chi connectivity index (χ0v) is 17.2. The first-order valence-electron chi connectivity index (χ1n) is 11.0. The molecule has 0 unspecified atom stereocenters. The van der Waals surface area contributed by atoms with Crippen LogP contribution in [0.3, 0.4) is 0 Å². The van der Waals surface area contributed by atoms with Crippen LogP contribution in [0.5, 0.6) is 0 Å². The highest BCUT2D eigenvalue weighted by Gasteiger charge is 2.25. The number of aryl methyl sites for hydroxylation is 1. The van der Waals surface area contributed by atoms with Gasteiger partial charge < -0.3 is 9.47 Å². The van der Waals surface area contributed by atoms with Crippen molar-refractivity contribution in [2.45, 2.75) is 52.0 Å². The number of fused-ring (bicyclic) bond motifs is 5. The lowest BCUT2D eigenvalue weighted by Crippen LogP contribution is -2.28. The molecule has 2 heterocycles. The fourth-order valence-corrected chi connectivity index (χ4v) is 5.22. The Balaban J connectivity index is 1.64. The fourth-order valence-electron chi connectivity index (χ4n) is 5.22. The summed E-state index contributed by atoms with van der Waals surface area (Å²) in [6.45, 7) is 5.98. The van der Waals surface area contributed by atoms with Crippen LogP contribution >= 0.6 is 0 Å². The highest BCUT2D eigenvalue weighted by Crippen LogP contribution is 2.37. The Kier molecular flexibility index (Phi) is 4.75. The summed E-state index contributed by atoms with van der Waals surface area (Å²) in [6, 6.07) is 10.2. The maximum atomic E-state index is 12.3. The monoisotopic (exact) mass is 388 g/mol. The van der Waals surface area contributed by atoms with Crippen molar-refractivity contribution < 1.29 is 9.59 Å². The number of aromatic nitrogens is 1. The Morgan fingerprint density at radius 2 is 1.69 bits per heavy atom. The van der Waals surface area contributed by atoms with Crippen LogP contribution in [0.4, 0.5) is 0 Å². The number of nitrogens with zero attached hydrogens (tertiary/aromatic N) is 2. The van der Waals surface area contributed by atoms with E-state index in [0.29, 0.717) is 6.42 Å². The third-order valence-corrected chi connectivity index (χ3v) is 6.79. The Labute approximate surface area is 171 Å². The Morgan fingerprint density at radius 3 is 2.45 bits per heavy atom. The number of carbonyl (C=O) groups excluding carboxylic acids is 2. The number of benzene rings is 2. The Hall–Kier alpha value is -2.46. The van der Waals surface area contributed by atoms with Gasteiger partial charge in [-0.1, -0.05) is 12.8 Å². The second kappa shape index (κ2) is 7.42. The molecule has 1 aliphatic carbocycles. The highest BCUT2D eigenvalue weighted by molar-refractivity contribution is 6.16. The van der Waals surface area contributed by atoms with Crippen molar-refractivity contribution in [2.75, 3.05) is 19.6 Å². The lowest BCUT2D eigenvalue weighted by Gasteiger charge is -2.20. The van der Waals surface area contributed by atoms with E-state index in [1.807, 2.05) is 18.2 Å². The molecule has 29 heavy (non-hydrogen) atoms. The van der Waals surface area contributed by atoms with Crippen LogP contribution in [0.15, 0.2) is 30.3 Å². The van der Waals surface area contributed by atoms with Crippen molar-refractivity contribution in [1.29, 1.82) is 0 Å². The summed E-state index contributed by atoms with van der Waals surface area (Å²) < 4.78 is 2.41. The number of hydrogen-bond donors (Lipinski definition) is 0. The second-order valence-electron chi connectivity index (χ2n) is 8.60. The molecule has 1 aromatic heterocycles. The van der Waals surface area contributed by atoms with E-state index in [2.05, 4.69) is 21.6 Å². The van der Waals surface area contributed by atoms with Gasteiger partial charge in [-0.05, 0) is 75.2 Å². The smallest absolute Gasteiger partial charge is 0.163 e. The lowest BCUT2D eigenvalue weighted by atomic mass is 10.0. The topological polar surface area (TPSA) is 42.3 Å². The van der Waals surface area contributed by atoms with Crippen LogP contribution < -0.4 is 0 Å². The molecule has 1 saturated heterocycles. The third kappa shape index (κ3) is 3.20. The van der Waals surface area contributed by atoms with Gasteiger partial charge in [-0.3, -0.25) is 9.59 Å². The minimum absolute atomic E-state index is 0.0843. The van der Waals surface area contributed by atoms with Gasteiger partial charge in [0.05, 0.1) is 0 Å². The van der Waals surface area contributed by atoms with Crippen molar-refractivity contribution in [3.63, 3.8) is 0 Å². The predicted octanol–water partition coefficient (Wildman–Crippen LogP) is 5.00. The second-order valence-corrected chi connectivity index (χ2v) is 8.60. The number of rotatable bonds is 4. The first-order valence-corrected chi connectivity index (χ1v) is 11.0. The van der Waals surface area contributed by atoms with Crippen molar-refractivity contribution in [1.82, 2.24) is 9.47 Å². The summed E-state index contributed by atoms with van der Waals surface area (Å²) in [6.07, 6.45) is 6.69. The normalized spacial score (nSPS) is 17.8. The number of likely N-dealkylation sites (tertiary alicyclic amines) is 1. The van der Waals surface area contributed by atoms with E-state index in [9.17, 15) is 9.59 Å². The Bertz CT molecular complexity index is 1120. The summed E-state index contributed by atoms with van der Waals surface area (Å²) in [5.41, 5.74) is 5.16. The molecule has 4 nitrogen and oxygen atoms in total. The third-order valence-electron chi connectivity index (χ3n) is 6.79. The van der Waals surface area contributed by atoms with Crippen LogP contribution in [0.25, 0.3) is 21.8 Å². The van der Waals surface area contributed by atoms with E-state index >= 15 is 0 Å². The van der Waals surface area contributed by atoms with Crippen molar-refractivity contribution in [3.05, 3.63) is 47.0 Å². The van der Waals surface area contributed by atoms with Crippen LogP contribution in [0.2, 0.25) is 0 Å². The molecular formula is C25H28N2O2. The molecule has 1 aliphatic heterocycles. The minimum atomic E-state index is 0.0843. The number of Topliss-reactive ketones (excluding diaryl/α,β-unsaturated/α-hetero) is 2. The summed E-state index contributed by atoms with van der Waals surface area (Å²) in [4.78, 5) is 26.9. The van der Waals surface area contributed by atoms with Gasteiger partial charge in [0.2, 0.25) is 0 Å². The van der Waals surface area contributed by atoms with E-state index in [4.69, 9.17) is 0 Å². The van der Waals surface area contributed by atoms with Crippen LogP contribution in [-0.2, 0) is 13.0 Å². The summed E-state index contributed by atoms with van der Waals surface area (Å²) in [5.74, 6) is 0.330. The molecule has 0 spiro atoms. The van der Waals surface area contributed by atoms with Crippen LogP contribution in [0.1, 0.15) is 65.3 Å². The molecule has 0 radical (unpaired) electrons. The molecule has 0 bridgehead atoms. The predicted molar refractivity (Wildman–Crippen MR) is 117 cm³/mol. The van der Waals surface area contributed by atoms with Gasteiger partial charge >= 0.3 is 0 Å². The molecule has 2 aliphatic rings. The quantitative estimate of drug-likeness (QED) is 0.591. The highest BCUT2D eigenvalue weighted by atomic mass is 16.1. The average molecular weight is 389 g/mol.